The van der Waals surface area contributed by atoms with Crippen LogP contribution in [-0.2, 0) is 11.1 Å². The molecule has 2 amide bonds. The third kappa shape index (κ3) is 4.47. The average molecular weight is 591 g/mol. The van der Waals surface area contributed by atoms with Gasteiger partial charge in [-0.15, -0.1) is 0 Å². The molecule has 2 aromatic carbocycles. The number of hydrogen-bond acceptors (Lipinski definition) is 6. The highest BCUT2D eigenvalue weighted by Gasteiger charge is 2.49. The maximum atomic E-state index is 13.4. The number of halogens is 2. The number of amides is 2. The van der Waals surface area contributed by atoms with Gasteiger partial charge >= 0.3 is 12.7 Å². The molecule has 0 spiro atoms. The van der Waals surface area contributed by atoms with Gasteiger partial charge in [0.2, 0.25) is 0 Å². The summed E-state index contributed by atoms with van der Waals surface area (Å²) in [6.07, 6.45) is 2.66. The first kappa shape index (κ1) is 28.5. The van der Waals surface area contributed by atoms with Gasteiger partial charge in [0.05, 0.1) is 22.6 Å². The second kappa shape index (κ2) is 9.45. The molecule has 0 saturated carbocycles. The highest BCUT2D eigenvalue weighted by atomic mass is 19.3. The zero-order chi connectivity index (χ0) is 31.1. The fourth-order valence-corrected chi connectivity index (χ4v) is 6.74. The van der Waals surface area contributed by atoms with Gasteiger partial charge in [-0.25, -0.2) is 19.7 Å². The number of carbonyl (C=O) groups is 2. The first-order valence-electron chi connectivity index (χ1n) is 13.9. The number of aromatic nitrogens is 4. The zero-order valence-corrected chi connectivity index (χ0v) is 24.6. The van der Waals surface area contributed by atoms with Crippen LogP contribution >= 0.6 is 0 Å². The molecule has 2 N–H and O–H groups in total. The van der Waals surface area contributed by atoms with Gasteiger partial charge in [-0.05, 0) is 71.4 Å². The van der Waals surface area contributed by atoms with Crippen LogP contribution in [0.1, 0.15) is 81.6 Å². The maximum absolute atomic E-state index is 13.4. The van der Waals surface area contributed by atoms with E-state index in [4.69, 9.17) is 9.72 Å². The first-order valence-corrected chi connectivity index (χ1v) is 13.9. The van der Waals surface area contributed by atoms with Crippen LogP contribution < -0.4 is 10.1 Å². The summed E-state index contributed by atoms with van der Waals surface area (Å²) in [5.74, 6) is 0.573. The Kier molecular flexibility index (Phi) is 6.26. The van der Waals surface area contributed by atoms with Crippen LogP contribution in [-0.4, -0.2) is 53.7 Å². The third-order valence-electron chi connectivity index (χ3n) is 8.30. The van der Waals surface area contributed by atoms with Crippen molar-refractivity contribution in [3.63, 3.8) is 0 Å². The van der Waals surface area contributed by atoms with E-state index in [9.17, 15) is 23.5 Å². The Hall–Kier alpha value is -4.61. The standard InChI is InChI=1S/C31H32F2N6O4/c1-29(2,3)39(28(41)42)30(4,5)25-34-14-17(15-35-25)16-10-11-19-20(12-16)38-21-13-31(6,26(38)36-19)37-24(40)18-8-7-9-22(23(18)21)43-27(32)33/h7-12,14-15,21,27H,13H2,1-6H3,(H,37,40)(H,41,42)/t21-,31-/m1/s1. The second-order valence-electron chi connectivity index (χ2n) is 12.8. The summed E-state index contributed by atoms with van der Waals surface area (Å²) in [7, 11) is 0. The summed E-state index contributed by atoms with van der Waals surface area (Å²) in [4.78, 5) is 40.6. The number of alkyl halides is 2. The van der Waals surface area contributed by atoms with E-state index in [0.717, 1.165) is 11.1 Å². The number of hydrogen-bond donors (Lipinski definition) is 2. The Morgan fingerprint density at radius 3 is 2.47 bits per heavy atom. The fraction of sp³-hybridized carbons (Fsp3) is 0.387. The molecule has 43 heavy (non-hydrogen) atoms. The summed E-state index contributed by atoms with van der Waals surface area (Å²) in [5.41, 5.74) is 1.09. The highest BCUT2D eigenvalue weighted by molar-refractivity contribution is 5.98. The molecular weight excluding hydrogens is 558 g/mol. The molecule has 2 bridgehead atoms. The lowest BCUT2D eigenvalue weighted by Gasteiger charge is -2.44. The minimum atomic E-state index is -3.05. The Morgan fingerprint density at radius 1 is 1.14 bits per heavy atom. The van der Waals surface area contributed by atoms with Gasteiger partial charge in [0.1, 0.15) is 17.1 Å². The molecule has 0 unspecified atom stereocenters. The van der Waals surface area contributed by atoms with Gasteiger partial charge < -0.3 is 19.7 Å². The van der Waals surface area contributed by atoms with Crippen LogP contribution in [0.25, 0.3) is 22.2 Å². The third-order valence-corrected chi connectivity index (χ3v) is 8.30. The zero-order valence-electron chi connectivity index (χ0n) is 24.6. The average Bonchev–Trinajstić information content (AvgIpc) is 3.38. The van der Waals surface area contributed by atoms with Crippen molar-refractivity contribution < 1.29 is 28.2 Å². The van der Waals surface area contributed by atoms with Crippen molar-refractivity contribution in [2.24, 2.45) is 0 Å². The van der Waals surface area contributed by atoms with Crippen molar-refractivity contribution in [2.45, 2.75) is 77.2 Å². The highest BCUT2D eigenvalue weighted by Crippen LogP contribution is 2.50. The van der Waals surface area contributed by atoms with E-state index in [1.165, 1.54) is 17.0 Å². The van der Waals surface area contributed by atoms with E-state index in [1.54, 1.807) is 32.3 Å². The lowest BCUT2D eigenvalue weighted by Crippen LogP contribution is -2.55. The van der Waals surface area contributed by atoms with Gasteiger partial charge in [-0.1, -0.05) is 12.1 Å². The number of rotatable bonds is 5. The van der Waals surface area contributed by atoms with Crippen LogP contribution in [0.2, 0.25) is 0 Å². The van der Waals surface area contributed by atoms with E-state index in [-0.39, 0.29) is 17.2 Å². The minimum Gasteiger partial charge on any atom is -0.465 e. The van der Waals surface area contributed by atoms with Crippen molar-refractivity contribution in [3.8, 4) is 16.9 Å². The molecule has 10 nitrogen and oxygen atoms in total. The molecule has 0 saturated heterocycles. The predicted molar refractivity (Wildman–Crippen MR) is 154 cm³/mol. The van der Waals surface area contributed by atoms with Gasteiger partial charge in [0.25, 0.3) is 5.91 Å². The second-order valence-corrected chi connectivity index (χ2v) is 12.8. The largest absolute Gasteiger partial charge is 0.465 e. The summed E-state index contributed by atoms with van der Waals surface area (Å²) < 4.78 is 33.7. The SMILES string of the molecule is CC(C)(C)N(C(=O)O)C(C)(C)c1ncc(-c2ccc3nc4n(c3c2)[C@@H]2C[C@@]4(C)NC(=O)c3cccc(OC(F)F)c32)cn1. The number of nitrogens with zero attached hydrogens (tertiary/aromatic N) is 5. The van der Waals surface area contributed by atoms with Crippen molar-refractivity contribution in [3.05, 3.63) is 71.6 Å². The number of carboxylic acid groups (broad SMARTS) is 1. The molecule has 0 aliphatic carbocycles. The fourth-order valence-electron chi connectivity index (χ4n) is 6.74. The monoisotopic (exact) mass is 590 g/mol. The van der Waals surface area contributed by atoms with E-state index in [1.807, 2.05) is 50.5 Å². The normalized spacial score (nSPS) is 19.6. The van der Waals surface area contributed by atoms with Crippen molar-refractivity contribution in [1.82, 2.24) is 29.7 Å². The van der Waals surface area contributed by atoms with Gasteiger partial charge in [0.15, 0.2) is 5.82 Å². The Balaban J connectivity index is 1.44. The lowest BCUT2D eigenvalue weighted by molar-refractivity contribution is -0.0507. The van der Waals surface area contributed by atoms with E-state index >= 15 is 0 Å². The Morgan fingerprint density at radius 2 is 1.84 bits per heavy atom. The van der Waals surface area contributed by atoms with Gasteiger partial charge in [0, 0.05) is 41.0 Å². The van der Waals surface area contributed by atoms with E-state index in [0.29, 0.717) is 34.7 Å². The molecule has 4 heterocycles. The summed E-state index contributed by atoms with van der Waals surface area (Å²) in [5, 5.41) is 13.0. The summed E-state index contributed by atoms with van der Waals surface area (Å²) >= 11 is 0. The minimum absolute atomic E-state index is 0.0416. The molecule has 2 atom stereocenters. The van der Waals surface area contributed by atoms with Crippen LogP contribution in [0.3, 0.4) is 0 Å². The quantitative estimate of drug-likeness (QED) is 0.290. The van der Waals surface area contributed by atoms with Crippen LogP contribution in [0.15, 0.2) is 48.8 Å². The molecule has 2 aromatic heterocycles. The van der Waals surface area contributed by atoms with Gasteiger partial charge in [-0.3, -0.25) is 9.69 Å². The molecule has 4 aromatic rings. The number of fused-ring (bicyclic) bond motifs is 9. The Bertz CT molecular complexity index is 1780. The van der Waals surface area contributed by atoms with E-state index < -0.39 is 35.4 Å². The predicted octanol–water partition coefficient (Wildman–Crippen LogP) is 6.06. The molecule has 224 valence electrons. The van der Waals surface area contributed by atoms with Crippen molar-refractivity contribution >= 4 is 23.0 Å². The van der Waals surface area contributed by atoms with Crippen molar-refractivity contribution in [1.29, 1.82) is 0 Å². The first-order chi connectivity index (χ1) is 20.1. The smallest absolute Gasteiger partial charge is 0.408 e. The molecular formula is C31H32F2N6O4. The molecule has 2 aliphatic heterocycles. The lowest BCUT2D eigenvalue weighted by atomic mass is 9.93. The van der Waals surface area contributed by atoms with Crippen LogP contribution in [0.5, 0.6) is 5.75 Å². The number of nitrogens with one attached hydrogen (secondary N) is 1. The number of carbonyl (C=O) groups excluding carboxylic acids is 1. The molecule has 0 radical (unpaired) electrons. The van der Waals surface area contributed by atoms with Crippen LogP contribution in [0, 0.1) is 0 Å². The number of ether oxygens (including phenoxy) is 1. The number of imidazole rings is 1. The molecule has 2 aliphatic rings. The topological polar surface area (TPSA) is 122 Å². The van der Waals surface area contributed by atoms with Crippen LogP contribution in [0.4, 0.5) is 13.6 Å². The number of benzene rings is 2. The van der Waals surface area contributed by atoms with Crippen molar-refractivity contribution in [2.75, 3.05) is 0 Å². The molecule has 12 heteroatoms. The molecule has 6 rings (SSSR count). The maximum Gasteiger partial charge on any atom is 0.408 e. The van der Waals surface area contributed by atoms with E-state index in [2.05, 4.69) is 15.3 Å². The molecule has 0 fully saturated rings. The summed E-state index contributed by atoms with van der Waals surface area (Å²) in [6.45, 7) is 7.84. The summed E-state index contributed by atoms with van der Waals surface area (Å²) in [6, 6.07) is 9.80. The Labute approximate surface area is 246 Å². The van der Waals surface area contributed by atoms with Gasteiger partial charge in [-0.2, -0.15) is 8.78 Å².